The number of benzene rings is 3. The van der Waals surface area contributed by atoms with Crippen molar-refractivity contribution in [1.82, 2.24) is 0 Å². The van der Waals surface area contributed by atoms with Crippen molar-refractivity contribution in [3.05, 3.63) is 87.9 Å². The molecular weight excluding hydrogens is 496 g/mol. The summed E-state index contributed by atoms with van der Waals surface area (Å²) in [5.41, 5.74) is 1.66. The summed E-state index contributed by atoms with van der Waals surface area (Å²) in [6.45, 7) is 1.85. The number of nitrogens with zero attached hydrogens (tertiary/aromatic N) is 1. The van der Waals surface area contributed by atoms with Crippen LogP contribution < -0.4 is 9.50 Å². The number of aromatic hydroxyl groups is 1. The summed E-state index contributed by atoms with van der Waals surface area (Å²) < 4.78 is 30.5. The molecule has 3 aromatic carbocycles. The maximum atomic E-state index is 12.5. The Hall–Kier alpha value is -3.61. The first-order valence-corrected chi connectivity index (χ1v) is 11.4. The molecule has 1 amide bonds. The van der Waals surface area contributed by atoms with Gasteiger partial charge >= 0.3 is 10.1 Å². The maximum absolute atomic E-state index is 12.5. The van der Waals surface area contributed by atoms with E-state index >= 15 is 0 Å². The van der Waals surface area contributed by atoms with E-state index < -0.39 is 16.0 Å². The van der Waals surface area contributed by atoms with Crippen molar-refractivity contribution < 1.29 is 22.5 Å². The lowest BCUT2D eigenvalue weighted by molar-refractivity contribution is -0.112. The molecule has 0 radical (unpaired) electrons. The third kappa shape index (κ3) is 5.75. The fourth-order valence-electron chi connectivity index (χ4n) is 2.60. The van der Waals surface area contributed by atoms with Gasteiger partial charge in [-0.2, -0.15) is 13.7 Å². The normalized spacial score (nSPS) is 11.5. The van der Waals surface area contributed by atoms with Crippen LogP contribution in [-0.2, 0) is 14.9 Å². The number of amides is 1. The number of hydrogen-bond acceptors (Lipinski definition) is 6. The Morgan fingerprint density at radius 2 is 1.75 bits per heavy atom. The molecule has 0 aliphatic carbocycles. The van der Waals surface area contributed by atoms with E-state index in [2.05, 4.69) is 21.2 Å². The maximum Gasteiger partial charge on any atom is 0.339 e. The highest BCUT2D eigenvalue weighted by Gasteiger charge is 2.18. The van der Waals surface area contributed by atoms with Crippen molar-refractivity contribution in [3.63, 3.8) is 0 Å². The smallest absolute Gasteiger partial charge is 0.339 e. The zero-order chi connectivity index (χ0) is 23.3. The van der Waals surface area contributed by atoms with Crippen LogP contribution in [0.4, 0.5) is 5.69 Å². The van der Waals surface area contributed by atoms with Crippen molar-refractivity contribution in [2.45, 2.75) is 11.8 Å². The van der Waals surface area contributed by atoms with Crippen molar-refractivity contribution in [2.24, 2.45) is 0 Å². The highest BCUT2D eigenvalue weighted by Crippen LogP contribution is 2.30. The molecule has 0 atom stereocenters. The van der Waals surface area contributed by atoms with Gasteiger partial charge in [-0.25, -0.2) is 0 Å². The zero-order valence-electron chi connectivity index (χ0n) is 16.7. The quantitative estimate of drug-likeness (QED) is 0.212. The van der Waals surface area contributed by atoms with Crippen LogP contribution in [0.5, 0.6) is 11.5 Å². The lowest BCUT2D eigenvalue weighted by atomic mass is 10.1. The van der Waals surface area contributed by atoms with Gasteiger partial charge in [-0.1, -0.05) is 23.8 Å². The molecular formula is C23H17BrN2O5S. The minimum Gasteiger partial charge on any atom is -0.508 e. The molecule has 2 N–H and O–H groups in total. The molecule has 0 saturated carbocycles. The van der Waals surface area contributed by atoms with Gasteiger partial charge in [0.25, 0.3) is 5.91 Å². The van der Waals surface area contributed by atoms with E-state index in [4.69, 9.17) is 4.18 Å². The second-order valence-electron chi connectivity index (χ2n) is 6.71. The van der Waals surface area contributed by atoms with Gasteiger partial charge in [0.05, 0.1) is 4.47 Å². The van der Waals surface area contributed by atoms with Gasteiger partial charge in [-0.3, -0.25) is 4.79 Å². The van der Waals surface area contributed by atoms with Gasteiger partial charge in [0.1, 0.15) is 22.3 Å². The molecule has 0 aliphatic rings. The monoisotopic (exact) mass is 512 g/mol. The lowest BCUT2D eigenvalue weighted by Crippen LogP contribution is -2.13. The average molecular weight is 513 g/mol. The van der Waals surface area contributed by atoms with Gasteiger partial charge in [0, 0.05) is 5.69 Å². The van der Waals surface area contributed by atoms with Crippen LogP contribution in [-0.4, -0.2) is 19.4 Å². The van der Waals surface area contributed by atoms with Crippen molar-refractivity contribution in [1.29, 1.82) is 5.26 Å². The molecule has 0 unspecified atom stereocenters. The van der Waals surface area contributed by atoms with Gasteiger partial charge in [0.15, 0.2) is 5.75 Å². The number of carbonyl (C=O) groups is 1. The fourth-order valence-corrected chi connectivity index (χ4v) is 4.14. The number of aryl methyl sites for hydroxylation is 1. The van der Waals surface area contributed by atoms with E-state index in [0.29, 0.717) is 15.7 Å². The summed E-state index contributed by atoms with van der Waals surface area (Å²) in [7, 11) is -4.02. The summed E-state index contributed by atoms with van der Waals surface area (Å²) in [6, 6.07) is 18.4. The molecule has 3 aromatic rings. The Labute approximate surface area is 193 Å². The molecule has 0 spiro atoms. The molecule has 0 aromatic heterocycles. The Balaban J connectivity index is 1.79. The third-order valence-corrected chi connectivity index (χ3v) is 6.13. The van der Waals surface area contributed by atoms with Crippen LogP contribution in [0.2, 0.25) is 0 Å². The lowest BCUT2D eigenvalue weighted by Gasteiger charge is -2.10. The molecule has 0 saturated heterocycles. The number of halogens is 1. The Bertz CT molecular complexity index is 1330. The molecule has 3 rings (SSSR count). The van der Waals surface area contributed by atoms with E-state index in [1.165, 1.54) is 60.7 Å². The largest absolute Gasteiger partial charge is 0.508 e. The van der Waals surface area contributed by atoms with E-state index in [9.17, 15) is 23.6 Å². The number of rotatable bonds is 6. The number of hydrogen-bond donors (Lipinski definition) is 2. The number of anilines is 1. The first kappa shape index (κ1) is 23.1. The highest BCUT2D eigenvalue weighted by molar-refractivity contribution is 9.10. The Morgan fingerprint density at radius 1 is 1.09 bits per heavy atom. The number of nitrogens with one attached hydrogen (secondary N) is 1. The molecule has 32 heavy (non-hydrogen) atoms. The van der Waals surface area contributed by atoms with Gasteiger partial charge in [-0.05, 0) is 83.0 Å². The predicted octanol–water partition coefficient (Wildman–Crippen LogP) is 4.78. The Morgan fingerprint density at radius 3 is 2.34 bits per heavy atom. The first-order chi connectivity index (χ1) is 15.2. The Kier molecular flexibility index (Phi) is 6.98. The molecule has 0 bridgehead atoms. The van der Waals surface area contributed by atoms with Crippen LogP contribution in [0.3, 0.4) is 0 Å². The fraction of sp³-hybridized carbons (Fsp3) is 0.0435. The SMILES string of the molecule is Cc1ccc(S(=O)(=O)Oc2ccc(/C=C(\C#N)C(=O)Nc3ccc(O)cc3)cc2Br)cc1. The summed E-state index contributed by atoms with van der Waals surface area (Å²) in [6.07, 6.45) is 1.36. The van der Waals surface area contributed by atoms with Gasteiger partial charge in [0.2, 0.25) is 0 Å². The number of carbonyl (C=O) groups excluding carboxylic acids is 1. The van der Waals surface area contributed by atoms with Crippen LogP contribution in [0.25, 0.3) is 6.08 Å². The second-order valence-corrected chi connectivity index (χ2v) is 9.11. The van der Waals surface area contributed by atoms with Crippen molar-refractivity contribution >= 4 is 43.7 Å². The van der Waals surface area contributed by atoms with Gasteiger partial charge < -0.3 is 14.6 Å². The second kappa shape index (κ2) is 9.68. The van der Waals surface area contributed by atoms with E-state index in [1.807, 2.05) is 13.0 Å². The first-order valence-electron chi connectivity index (χ1n) is 9.21. The van der Waals surface area contributed by atoms with Crippen LogP contribution in [0.1, 0.15) is 11.1 Å². The van der Waals surface area contributed by atoms with E-state index in [0.717, 1.165) is 5.56 Å². The van der Waals surface area contributed by atoms with Crippen LogP contribution in [0, 0.1) is 18.3 Å². The predicted molar refractivity (Wildman–Crippen MR) is 123 cm³/mol. The standard InChI is InChI=1S/C23H17BrN2O5S/c1-15-2-9-20(10-3-15)32(29,30)31-22-11-4-16(13-21(22)24)12-17(14-25)23(28)26-18-5-7-19(27)8-6-18/h2-13,27H,1H3,(H,26,28)/b17-12+. The van der Waals surface area contributed by atoms with E-state index in [-0.39, 0.29) is 22.0 Å². The van der Waals surface area contributed by atoms with Crippen LogP contribution in [0.15, 0.2) is 81.7 Å². The molecule has 162 valence electrons. The molecule has 9 heteroatoms. The third-order valence-electron chi connectivity index (χ3n) is 4.27. The highest BCUT2D eigenvalue weighted by atomic mass is 79.9. The summed E-state index contributed by atoms with van der Waals surface area (Å²) >= 11 is 3.27. The number of nitriles is 1. The average Bonchev–Trinajstić information content (AvgIpc) is 2.75. The minimum atomic E-state index is -4.02. The number of phenolic OH excluding ortho intramolecular Hbond substituents is 1. The molecule has 0 aliphatic heterocycles. The minimum absolute atomic E-state index is 0.0247. The van der Waals surface area contributed by atoms with Crippen LogP contribution >= 0.6 is 15.9 Å². The summed E-state index contributed by atoms with van der Waals surface area (Å²) in [4.78, 5) is 12.4. The van der Waals surface area contributed by atoms with E-state index in [1.54, 1.807) is 12.1 Å². The topological polar surface area (TPSA) is 116 Å². The van der Waals surface area contributed by atoms with Crippen molar-refractivity contribution in [3.8, 4) is 17.6 Å². The molecule has 0 fully saturated rings. The summed E-state index contributed by atoms with van der Waals surface area (Å²) in [5.74, 6) is -0.512. The molecule has 7 nitrogen and oxygen atoms in total. The van der Waals surface area contributed by atoms with Gasteiger partial charge in [-0.15, -0.1) is 0 Å². The summed E-state index contributed by atoms with van der Waals surface area (Å²) in [5, 5.41) is 21.2. The molecule has 0 heterocycles. The zero-order valence-corrected chi connectivity index (χ0v) is 19.1. The number of phenols is 1. The van der Waals surface area contributed by atoms with Crippen molar-refractivity contribution in [2.75, 3.05) is 5.32 Å².